The molecule has 4 rings (SSSR count). The highest BCUT2D eigenvalue weighted by atomic mass is 19.4. The normalized spacial score (nSPS) is 12.2. The smallest absolute Gasteiger partial charge is 0.358 e. The molecular formula is C26H24F3N3O. The maximum atomic E-state index is 13.4. The molecule has 0 spiro atoms. The Bertz CT molecular complexity index is 1270. The van der Waals surface area contributed by atoms with Crippen LogP contribution in [0.5, 0.6) is 0 Å². The lowest BCUT2D eigenvalue weighted by Gasteiger charge is -2.23. The van der Waals surface area contributed by atoms with Gasteiger partial charge in [-0.25, -0.2) is 0 Å². The third-order valence-electron chi connectivity index (χ3n) is 5.47. The third-order valence-corrected chi connectivity index (χ3v) is 5.47. The van der Waals surface area contributed by atoms with E-state index >= 15 is 0 Å². The van der Waals surface area contributed by atoms with Crippen molar-refractivity contribution in [1.82, 2.24) is 9.97 Å². The van der Waals surface area contributed by atoms with E-state index in [-0.39, 0.29) is 17.5 Å². The lowest BCUT2D eigenvalue weighted by molar-refractivity contribution is -0.137. The first-order chi connectivity index (χ1) is 15.5. The van der Waals surface area contributed by atoms with Gasteiger partial charge in [0, 0.05) is 39.5 Å². The van der Waals surface area contributed by atoms with Gasteiger partial charge in [-0.1, -0.05) is 26.8 Å². The summed E-state index contributed by atoms with van der Waals surface area (Å²) in [5.41, 5.74) is 2.63. The molecule has 1 N–H and O–H groups in total. The first-order valence-electron chi connectivity index (χ1n) is 10.5. The van der Waals surface area contributed by atoms with Crippen LogP contribution >= 0.6 is 0 Å². The number of anilines is 1. The molecule has 4 nitrogen and oxygen atoms in total. The van der Waals surface area contributed by atoms with Crippen molar-refractivity contribution in [3.63, 3.8) is 0 Å². The van der Waals surface area contributed by atoms with E-state index in [0.717, 1.165) is 28.7 Å². The van der Waals surface area contributed by atoms with Crippen molar-refractivity contribution in [2.45, 2.75) is 38.9 Å². The second kappa shape index (κ2) is 8.39. The van der Waals surface area contributed by atoms with Gasteiger partial charge in [0.1, 0.15) is 0 Å². The molecule has 33 heavy (non-hydrogen) atoms. The third kappa shape index (κ3) is 4.92. The maximum Gasteiger partial charge on any atom is 0.416 e. The second-order valence-electron chi connectivity index (χ2n) is 8.99. The summed E-state index contributed by atoms with van der Waals surface area (Å²) in [7, 11) is 0. The second-order valence-corrected chi connectivity index (χ2v) is 8.99. The zero-order valence-electron chi connectivity index (χ0n) is 18.6. The summed E-state index contributed by atoms with van der Waals surface area (Å²) in [6.45, 7) is 6.52. The number of nitrogens with zero attached hydrogens (tertiary/aromatic N) is 2. The zero-order chi connectivity index (χ0) is 23.8. The number of rotatable bonds is 4. The molecule has 0 atom stereocenters. The predicted molar refractivity (Wildman–Crippen MR) is 123 cm³/mol. The molecule has 7 heteroatoms. The fraction of sp³-hybridized carbons (Fsp3) is 0.231. The summed E-state index contributed by atoms with van der Waals surface area (Å²) in [6.07, 6.45) is -2.82. The Labute approximate surface area is 190 Å². The van der Waals surface area contributed by atoms with E-state index in [1.54, 1.807) is 18.3 Å². The van der Waals surface area contributed by atoms with Gasteiger partial charge in [0.2, 0.25) is 0 Å². The number of carbonyl (C=O) groups excluding carboxylic acids is 1. The number of carbonyl (C=O) groups is 1. The van der Waals surface area contributed by atoms with Crippen LogP contribution in [0.25, 0.3) is 10.9 Å². The molecule has 0 saturated heterocycles. The average Bonchev–Trinajstić information content (AvgIpc) is 3.21. The number of hydrogen-bond acceptors (Lipinski definition) is 2. The van der Waals surface area contributed by atoms with E-state index in [0.29, 0.717) is 11.4 Å². The Morgan fingerprint density at radius 2 is 1.70 bits per heavy atom. The van der Waals surface area contributed by atoms with E-state index in [1.807, 2.05) is 24.3 Å². The number of halogens is 3. The first kappa shape index (κ1) is 22.6. The molecule has 0 bridgehead atoms. The van der Waals surface area contributed by atoms with E-state index in [1.165, 1.54) is 17.0 Å². The first-order valence-corrected chi connectivity index (χ1v) is 10.5. The molecule has 4 aromatic rings. The van der Waals surface area contributed by atoms with Gasteiger partial charge in [0.25, 0.3) is 5.91 Å². The van der Waals surface area contributed by atoms with Crippen LogP contribution in [-0.2, 0) is 18.1 Å². The number of benzene rings is 2. The van der Waals surface area contributed by atoms with Gasteiger partial charge in [-0.05, 0) is 60.7 Å². The van der Waals surface area contributed by atoms with Gasteiger partial charge >= 0.3 is 6.18 Å². The van der Waals surface area contributed by atoms with Crippen molar-refractivity contribution in [1.29, 1.82) is 0 Å². The van der Waals surface area contributed by atoms with E-state index in [2.05, 4.69) is 36.8 Å². The lowest BCUT2D eigenvalue weighted by atomic mass is 9.92. The lowest BCUT2D eigenvalue weighted by Crippen LogP contribution is -2.30. The number of H-pyrrole nitrogens is 1. The number of nitrogens with one attached hydrogen (secondary N) is 1. The number of aromatic amines is 1. The van der Waals surface area contributed by atoms with Crippen molar-refractivity contribution in [3.8, 4) is 0 Å². The quantitative estimate of drug-likeness (QED) is 0.374. The topological polar surface area (TPSA) is 49.0 Å². The summed E-state index contributed by atoms with van der Waals surface area (Å²) in [5, 5.41) is 0.948. The van der Waals surface area contributed by atoms with Crippen LogP contribution in [0.15, 0.2) is 72.9 Å². The Kier molecular flexibility index (Phi) is 5.74. The van der Waals surface area contributed by atoms with Crippen molar-refractivity contribution in [2.24, 2.45) is 0 Å². The monoisotopic (exact) mass is 451 g/mol. The Morgan fingerprint density at radius 1 is 0.970 bits per heavy atom. The van der Waals surface area contributed by atoms with Crippen LogP contribution in [0.4, 0.5) is 18.9 Å². The van der Waals surface area contributed by atoms with E-state index in [4.69, 9.17) is 0 Å². The van der Waals surface area contributed by atoms with Crippen molar-refractivity contribution < 1.29 is 18.0 Å². The largest absolute Gasteiger partial charge is 0.416 e. The van der Waals surface area contributed by atoms with E-state index in [9.17, 15) is 18.0 Å². The van der Waals surface area contributed by atoms with Crippen LogP contribution in [-0.4, -0.2) is 15.9 Å². The van der Waals surface area contributed by atoms with Gasteiger partial charge in [-0.2, -0.15) is 13.2 Å². The summed E-state index contributed by atoms with van der Waals surface area (Å²) >= 11 is 0. The van der Waals surface area contributed by atoms with Gasteiger partial charge in [0.05, 0.1) is 17.8 Å². The summed E-state index contributed by atoms with van der Waals surface area (Å²) < 4.78 is 38.9. The molecule has 0 fully saturated rings. The van der Waals surface area contributed by atoms with Gasteiger partial charge in [0.15, 0.2) is 0 Å². The van der Waals surface area contributed by atoms with Crippen molar-refractivity contribution in [2.75, 3.05) is 4.90 Å². The SMILES string of the molecule is CC(C)(C)c1cc2cc(N(Cc3ccccn3)C(=O)c3ccc(C(F)(F)F)cc3)ccc2[nH]1. The summed E-state index contributed by atoms with van der Waals surface area (Å²) in [5.74, 6) is -0.402. The number of alkyl halides is 3. The van der Waals surface area contributed by atoms with Crippen molar-refractivity contribution in [3.05, 3.63) is 95.4 Å². The Hall–Kier alpha value is -3.61. The highest BCUT2D eigenvalue weighted by Crippen LogP contribution is 2.31. The minimum Gasteiger partial charge on any atom is -0.358 e. The molecule has 2 aromatic heterocycles. The van der Waals surface area contributed by atoms with Crippen LogP contribution < -0.4 is 4.90 Å². The molecule has 170 valence electrons. The molecule has 0 unspecified atom stereocenters. The Balaban J connectivity index is 1.74. The van der Waals surface area contributed by atoms with Crippen LogP contribution in [0.3, 0.4) is 0 Å². The number of aromatic nitrogens is 2. The van der Waals surface area contributed by atoms with Crippen LogP contribution in [0.1, 0.15) is 48.1 Å². The van der Waals surface area contributed by atoms with Crippen LogP contribution in [0, 0.1) is 0 Å². The van der Waals surface area contributed by atoms with Gasteiger partial charge in [-0.3, -0.25) is 9.78 Å². The van der Waals surface area contributed by atoms with Gasteiger partial charge < -0.3 is 9.88 Å². The zero-order valence-corrected chi connectivity index (χ0v) is 18.6. The predicted octanol–water partition coefficient (Wildman–Crippen LogP) is 6.73. The molecular weight excluding hydrogens is 427 g/mol. The fourth-order valence-electron chi connectivity index (χ4n) is 3.58. The minimum absolute atomic E-state index is 0.0666. The molecule has 1 amide bonds. The number of fused-ring (bicyclic) bond motifs is 1. The van der Waals surface area contributed by atoms with Crippen LogP contribution in [0.2, 0.25) is 0 Å². The fourth-order valence-corrected chi connectivity index (χ4v) is 3.58. The number of hydrogen-bond donors (Lipinski definition) is 1. The van der Waals surface area contributed by atoms with Crippen molar-refractivity contribution >= 4 is 22.5 Å². The Morgan fingerprint density at radius 3 is 2.30 bits per heavy atom. The molecule has 0 aliphatic heterocycles. The molecule has 0 radical (unpaired) electrons. The summed E-state index contributed by atoms with van der Waals surface area (Å²) in [6, 6.07) is 17.4. The molecule has 0 aliphatic carbocycles. The highest BCUT2D eigenvalue weighted by Gasteiger charge is 2.30. The molecule has 2 heterocycles. The highest BCUT2D eigenvalue weighted by molar-refractivity contribution is 6.06. The van der Waals surface area contributed by atoms with Gasteiger partial charge in [-0.15, -0.1) is 0 Å². The molecule has 0 aliphatic rings. The average molecular weight is 451 g/mol. The maximum absolute atomic E-state index is 13.4. The molecule has 0 saturated carbocycles. The van der Waals surface area contributed by atoms with E-state index < -0.39 is 17.6 Å². The number of pyridine rings is 1. The number of amides is 1. The standard InChI is InChI=1S/C26H24F3N3O/c1-25(2,3)23-15-18-14-21(11-12-22(18)31-23)32(16-20-6-4-5-13-30-20)24(33)17-7-9-19(10-8-17)26(27,28)29/h4-15,31H,16H2,1-3H3. The minimum atomic E-state index is -4.46. The molecule has 2 aromatic carbocycles. The summed E-state index contributed by atoms with van der Waals surface area (Å²) in [4.78, 5) is 22.7.